The third-order valence-corrected chi connectivity index (χ3v) is 7.81. The molecule has 0 saturated heterocycles. The second-order valence-corrected chi connectivity index (χ2v) is 10.9. The van der Waals surface area contributed by atoms with Crippen LogP contribution in [0.1, 0.15) is 60.2 Å². The number of halogens is 5. The number of methoxy groups -OCH3 is 1. The van der Waals surface area contributed by atoms with Crippen molar-refractivity contribution in [3.63, 3.8) is 0 Å². The molecule has 2 atom stereocenters. The van der Waals surface area contributed by atoms with E-state index in [4.69, 9.17) is 27.1 Å². The molecular weight excluding hydrogens is 604 g/mol. The minimum Gasteiger partial charge on any atom is -0.495 e. The molecule has 0 aliphatic heterocycles. The van der Waals surface area contributed by atoms with Crippen molar-refractivity contribution >= 4 is 29.2 Å². The fraction of sp³-hybridized carbons (Fsp3) is 0.257. The molecule has 10 heteroatoms. The highest BCUT2D eigenvalue weighted by Gasteiger charge is 2.23. The predicted octanol–water partition coefficient (Wildman–Crippen LogP) is 8.80. The third kappa shape index (κ3) is 7.65. The highest BCUT2D eigenvalue weighted by Crippen LogP contribution is 2.35. The number of pyridine rings is 1. The Bertz CT molecular complexity index is 1740. The Hall–Kier alpha value is -4.37. The molecule has 0 spiro atoms. The van der Waals surface area contributed by atoms with Crippen LogP contribution in [0.15, 0.2) is 65.7 Å². The highest BCUT2D eigenvalue weighted by molar-refractivity contribution is 6.31. The molecule has 0 aliphatic rings. The van der Waals surface area contributed by atoms with E-state index in [1.165, 1.54) is 38.4 Å². The van der Waals surface area contributed by atoms with Gasteiger partial charge < -0.3 is 15.8 Å². The number of allylic oxidation sites excluding steroid dienone is 1. The van der Waals surface area contributed by atoms with Gasteiger partial charge in [-0.3, -0.25) is 9.98 Å². The Balaban J connectivity index is 1.80. The van der Waals surface area contributed by atoms with E-state index >= 15 is 4.39 Å². The molecule has 236 valence electrons. The molecule has 0 saturated carbocycles. The molecule has 45 heavy (non-hydrogen) atoms. The van der Waals surface area contributed by atoms with E-state index in [0.717, 1.165) is 22.8 Å². The van der Waals surface area contributed by atoms with Crippen LogP contribution in [0.4, 0.5) is 23.2 Å². The predicted molar refractivity (Wildman–Crippen MR) is 174 cm³/mol. The lowest BCUT2D eigenvalue weighted by molar-refractivity contribution is 0.377. The standard InChI is InChI=1S/C35H35ClF4N4O/c1-6-25-19(3)12-32(44-35(25)26-15-28(36)30(40)16-29(26)39)27(21-8-10-24(38)11-9-21)18-43-31(7-2)22-13-23(17-42-20(4)37)34(41)33(14-22)45-5/h7-17,20,27,43H,6,18,41H2,1-5H3/b31-7-,42-17+. The maximum absolute atomic E-state index is 15.1. The topological polar surface area (TPSA) is 72.5 Å². The number of aromatic nitrogens is 1. The first-order valence-electron chi connectivity index (χ1n) is 14.4. The number of hydrogen-bond acceptors (Lipinski definition) is 5. The Morgan fingerprint density at radius 3 is 2.42 bits per heavy atom. The molecular formula is C35H35ClF4N4O. The van der Waals surface area contributed by atoms with Gasteiger partial charge in [0.1, 0.15) is 23.2 Å². The number of nitrogens with two attached hydrogens (primary N) is 1. The summed E-state index contributed by atoms with van der Waals surface area (Å²) in [5.74, 6) is -2.05. The minimum absolute atomic E-state index is 0.0916. The lowest BCUT2D eigenvalue weighted by Crippen LogP contribution is -2.23. The maximum atomic E-state index is 15.1. The average Bonchev–Trinajstić information content (AvgIpc) is 3.01. The smallest absolute Gasteiger partial charge is 0.187 e. The van der Waals surface area contributed by atoms with Crippen LogP contribution in [0.5, 0.6) is 5.75 Å². The van der Waals surface area contributed by atoms with Crippen molar-refractivity contribution in [1.82, 2.24) is 10.3 Å². The molecule has 1 aromatic heterocycles. The van der Waals surface area contributed by atoms with Gasteiger partial charge in [-0.25, -0.2) is 17.6 Å². The van der Waals surface area contributed by atoms with Crippen molar-refractivity contribution in [3.05, 3.63) is 117 Å². The van der Waals surface area contributed by atoms with Crippen molar-refractivity contribution in [2.24, 2.45) is 4.99 Å². The maximum Gasteiger partial charge on any atom is 0.187 e. The second-order valence-electron chi connectivity index (χ2n) is 10.5. The summed E-state index contributed by atoms with van der Waals surface area (Å²) < 4.78 is 62.1. The van der Waals surface area contributed by atoms with Crippen LogP contribution in [0, 0.1) is 24.4 Å². The van der Waals surface area contributed by atoms with E-state index in [1.54, 1.807) is 24.3 Å². The van der Waals surface area contributed by atoms with E-state index in [1.807, 2.05) is 32.9 Å². The molecule has 2 unspecified atom stereocenters. The van der Waals surface area contributed by atoms with Gasteiger partial charge in [0.2, 0.25) is 0 Å². The van der Waals surface area contributed by atoms with Crippen LogP contribution in [0.25, 0.3) is 17.0 Å². The van der Waals surface area contributed by atoms with Crippen molar-refractivity contribution in [1.29, 1.82) is 0 Å². The number of hydrogen-bond donors (Lipinski definition) is 2. The first kappa shape index (κ1) is 33.5. The summed E-state index contributed by atoms with van der Waals surface area (Å²) in [4.78, 5) is 8.74. The lowest BCUT2D eigenvalue weighted by Gasteiger charge is -2.23. The largest absolute Gasteiger partial charge is 0.495 e. The van der Waals surface area contributed by atoms with Gasteiger partial charge in [0.05, 0.1) is 29.2 Å². The number of rotatable bonds is 11. The average molecular weight is 639 g/mol. The van der Waals surface area contributed by atoms with Gasteiger partial charge in [0.15, 0.2) is 6.30 Å². The van der Waals surface area contributed by atoms with Crippen LogP contribution in [0.3, 0.4) is 0 Å². The molecule has 0 amide bonds. The molecule has 3 N–H and O–H groups in total. The fourth-order valence-electron chi connectivity index (χ4n) is 5.21. The minimum atomic E-state index is -1.41. The van der Waals surface area contributed by atoms with Crippen molar-refractivity contribution in [2.75, 3.05) is 19.4 Å². The van der Waals surface area contributed by atoms with E-state index in [-0.39, 0.29) is 16.4 Å². The summed E-state index contributed by atoms with van der Waals surface area (Å²) >= 11 is 6.06. The molecule has 0 radical (unpaired) electrons. The zero-order chi connectivity index (χ0) is 32.8. The van der Waals surface area contributed by atoms with Crippen molar-refractivity contribution in [2.45, 2.75) is 46.3 Å². The van der Waals surface area contributed by atoms with E-state index < -0.39 is 23.8 Å². The quantitative estimate of drug-likeness (QED) is 0.0566. The normalized spacial score (nSPS) is 13.2. The summed E-state index contributed by atoms with van der Waals surface area (Å²) in [6.45, 7) is 7.31. The van der Waals surface area contributed by atoms with Crippen LogP contribution in [0.2, 0.25) is 5.02 Å². The monoisotopic (exact) mass is 638 g/mol. The number of anilines is 1. The summed E-state index contributed by atoms with van der Waals surface area (Å²) in [7, 11) is 1.49. The third-order valence-electron chi connectivity index (χ3n) is 7.52. The van der Waals surface area contributed by atoms with Gasteiger partial charge in [0, 0.05) is 47.1 Å². The van der Waals surface area contributed by atoms with Gasteiger partial charge in [-0.1, -0.05) is 36.7 Å². The summed E-state index contributed by atoms with van der Waals surface area (Å²) in [5, 5.41) is 3.25. The molecule has 1 heterocycles. The first-order chi connectivity index (χ1) is 21.5. The van der Waals surface area contributed by atoms with Crippen LogP contribution < -0.4 is 15.8 Å². The number of nitrogens with one attached hydrogen (secondary N) is 1. The zero-order valence-corrected chi connectivity index (χ0v) is 26.4. The van der Waals surface area contributed by atoms with Crippen LogP contribution >= 0.6 is 11.6 Å². The Morgan fingerprint density at radius 1 is 1.09 bits per heavy atom. The van der Waals surface area contributed by atoms with Crippen LogP contribution in [-0.4, -0.2) is 31.1 Å². The molecule has 0 bridgehead atoms. The van der Waals surface area contributed by atoms with E-state index in [0.29, 0.717) is 52.6 Å². The Morgan fingerprint density at radius 2 is 1.80 bits per heavy atom. The van der Waals surface area contributed by atoms with Gasteiger partial charge in [0.25, 0.3) is 0 Å². The van der Waals surface area contributed by atoms with Gasteiger partial charge in [-0.15, -0.1) is 0 Å². The SMILES string of the molecule is C/C=C(\NCC(c1ccc(F)cc1)c1cc(C)c(CC)c(-c2cc(Cl)c(F)cc2F)n1)c1cc(/C=N/C(C)F)c(N)c(OC)c1. The molecule has 0 fully saturated rings. The number of ether oxygens (including phenoxy) is 1. The zero-order valence-electron chi connectivity index (χ0n) is 25.7. The Labute approximate surface area is 265 Å². The molecule has 4 aromatic rings. The molecule has 4 rings (SSSR count). The van der Waals surface area contributed by atoms with Gasteiger partial charge in [-0.2, -0.15) is 0 Å². The number of aliphatic imine (C=N–C) groups is 1. The highest BCUT2D eigenvalue weighted by atomic mass is 35.5. The van der Waals surface area contributed by atoms with Crippen molar-refractivity contribution in [3.8, 4) is 17.0 Å². The number of aryl methyl sites for hydroxylation is 1. The summed E-state index contributed by atoms with van der Waals surface area (Å²) in [6.07, 6.45) is 2.38. The number of nitrogen functional groups attached to an aromatic ring is 1. The number of nitrogens with zero attached hydrogens (tertiary/aromatic N) is 2. The Kier molecular flexibility index (Phi) is 10.9. The van der Waals surface area contributed by atoms with Gasteiger partial charge >= 0.3 is 0 Å². The first-order valence-corrected chi connectivity index (χ1v) is 14.8. The summed E-state index contributed by atoms with van der Waals surface area (Å²) in [5.41, 5.74) is 11.9. The molecule has 0 aliphatic carbocycles. The van der Waals surface area contributed by atoms with Gasteiger partial charge in [-0.05, 0) is 80.3 Å². The van der Waals surface area contributed by atoms with E-state index in [9.17, 15) is 13.2 Å². The molecule has 5 nitrogen and oxygen atoms in total. The van der Waals surface area contributed by atoms with Crippen LogP contribution in [-0.2, 0) is 6.42 Å². The molecule has 3 aromatic carbocycles. The lowest BCUT2D eigenvalue weighted by atomic mass is 9.91. The van der Waals surface area contributed by atoms with Crippen molar-refractivity contribution < 1.29 is 22.3 Å². The fourth-order valence-corrected chi connectivity index (χ4v) is 5.37. The van der Waals surface area contributed by atoms with E-state index in [2.05, 4.69) is 10.3 Å². The second kappa shape index (κ2) is 14.6. The number of alkyl halides is 1. The number of benzene rings is 3. The summed E-state index contributed by atoms with van der Waals surface area (Å²) in [6, 6.07) is 13.6.